The Morgan fingerprint density at radius 1 is 0.500 bits per heavy atom. The third-order valence-corrected chi connectivity index (χ3v) is 6.01. The minimum Gasteiger partial charge on any atom is -0.309 e. The zero-order valence-electron chi connectivity index (χ0n) is 16.4. The van der Waals surface area contributed by atoms with Crippen LogP contribution in [0.15, 0.2) is 121 Å². The first-order valence-corrected chi connectivity index (χ1v) is 11.1. The maximum atomic E-state index is 2.39. The van der Waals surface area contributed by atoms with Gasteiger partial charge in [0.1, 0.15) is 0 Å². The van der Waals surface area contributed by atoms with Crippen molar-refractivity contribution in [3.8, 4) is 39.3 Å². The number of aromatic nitrogens is 1. The van der Waals surface area contributed by atoms with Crippen molar-refractivity contribution in [1.82, 2.24) is 4.57 Å². The normalized spacial score (nSPS) is 10.8. The fraction of sp³-hybridized carbons (Fsp3) is 0. The molecule has 1 heterocycles. The van der Waals surface area contributed by atoms with Gasteiger partial charge in [-0.15, -0.1) is 0 Å². The predicted octanol–water partition coefficient (Wildman–Crippen LogP) is 8.08. The van der Waals surface area contributed by atoms with Crippen LogP contribution in [0, 0.1) is 3.57 Å². The van der Waals surface area contributed by atoms with Crippen LogP contribution in [0.25, 0.3) is 39.3 Å². The van der Waals surface area contributed by atoms with Crippen LogP contribution in [0.1, 0.15) is 0 Å². The van der Waals surface area contributed by atoms with Gasteiger partial charge in [0.15, 0.2) is 0 Å². The molecule has 0 saturated carbocycles. The lowest BCUT2D eigenvalue weighted by atomic mass is 10.0. The van der Waals surface area contributed by atoms with E-state index in [9.17, 15) is 0 Å². The smallest absolute Gasteiger partial charge is 0.0613 e. The standard InChI is InChI=1S/C28H20IN/c29-24-16-18-25(19-17-24)30-27(22-12-6-2-7-13-22)20-26(21-10-4-1-5-11-21)28(30)23-14-8-3-9-15-23/h1-20H. The molecular weight excluding hydrogens is 477 g/mol. The van der Waals surface area contributed by atoms with E-state index in [0.29, 0.717) is 0 Å². The monoisotopic (exact) mass is 497 g/mol. The van der Waals surface area contributed by atoms with Gasteiger partial charge >= 0.3 is 0 Å². The highest BCUT2D eigenvalue weighted by Gasteiger charge is 2.20. The summed E-state index contributed by atoms with van der Waals surface area (Å²) in [5.41, 5.74) is 8.43. The minimum atomic E-state index is 1.16. The number of halogens is 1. The van der Waals surface area contributed by atoms with Crippen molar-refractivity contribution < 1.29 is 0 Å². The van der Waals surface area contributed by atoms with Crippen LogP contribution in [-0.2, 0) is 0 Å². The van der Waals surface area contributed by atoms with Crippen LogP contribution in [0.3, 0.4) is 0 Å². The zero-order chi connectivity index (χ0) is 20.3. The highest BCUT2D eigenvalue weighted by atomic mass is 127. The molecule has 0 fully saturated rings. The van der Waals surface area contributed by atoms with Crippen LogP contribution in [-0.4, -0.2) is 4.57 Å². The maximum Gasteiger partial charge on any atom is 0.0613 e. The molecule has 4 aromatic carbocycles. The van der Waals surface area contributed by atoms with Crippen LogP contribution in [0.2, 0.25) is 0 Å². The second-order valence-electron chi connectivity index (χ2n) is 7.20. The first-order chi connectivity index (χ1) is 14.8. The van der Waals surface area contributed by atoms with Gasteiger partial charge in [-0.25, -0.2) is 0 Å². The molecule has 0 aliphatic heterocycles. The molecule has 5 aromatic rings. The summed E-state index contributed by atoms with van der Waals surface area (Å²) in [4.78, 5) is 0. The fourth-order valence-electron chi connectivity index (χ4n) is 3.91. The summed E-state index contributed by atoms with van der Waals surface area (Å²) in [6.07, 6.45) is 0. The van der Waals surface area contributed by atoms with Gasteiger partial charge in [-0.05, 0) is 69.6 Å². The minimum absolute atomic E-state index is 1.16. The van der Waals surface area contributed by atoms with Crippen LogP contribution in [0.5, 0.6) is 0 Å². The second kappa shape index (κ2) is 8.33. The van der Waals surface area contributed by atoms with E-state index < -0.39 is 0 Å². The lowest BCUT2D eigenvalue weighted by molar-refractivity contribution is 1.09. The summed E-state index contributed by atoms with van der Waals surface area (Å²) in [5, 5.41) is 0. The molecule has 0 amide bonds. The molecule has 0 radical (unpaired) electrons. The molecule has 0 saturated heterocycles. The summed E-state index contributed by atoms with van der Waals surface area (Å²) in [6.45, 7) is 0. The van der Waals surface area contributed by atoms with Gasteiger partial charge < -0.3 is 4.57 Å². The third-order valence-electron chi connectivity index (χ3n) is 5.29. The molecule has 30 heavy (non-hydrogen) atoms. The fourth-order valence-corrected chi connectivity index (χ4v) is 4.27. The Balaban J connectivity index is 1.88. The van der Waals surface area contributed by atoms with Crippen molar-refractivity contribution in [2.24, 2.45) is 0 Å². The van der Waals surface area contributed by atoms with Gasteiger partial charge in [0, 0.05) is 14.8 Å². The Kier molecular flexibility index (Phi) is 5.24. The van der Waals surface area contributed by atoms with Gasteiger partial charge in [0.05, 0.1) is 11.4 Å². The first-order valence-electron chi connectivity index (χ1n) is 9.99. The summed E-state index contributed by atoms with van der Waals surface area (Å²) in [5.74, 6) is 0. The average molecular weight is 497 g/mol. The molecule has 0 bridgehead atoms. The molecule has 0 N–H and O–H groups in total. The molecule has 0 spiro atoms. The Morgan fingerprint density at radius 3 is 1.57 bits per heavy atom. The maximum absolute atomic E-state index is 2.39. The molecule has 144 valence electrons. The van der Waals surface area contributed by atoms with E-state index in [0.717, 1.165) is 5.69 Å². The third kappa shape index (κ3) is 3.59. The highest BCUT2D eigenvalue weighted by molar-refractivity contribution is 14.1. The SMILES string of the molecule is Ic1ccc(-n2c(-c3ccccc3)cc(-c3ccccc3)c2-c2ccccc2)cc1. The molecule has 2 heteroatoms. The van der Waals surface area contributed by atoms with E-state index in [1.807, 2.05) is 0 Å². The highest BCUT2D eigenvalue weighted by Crippen LogP contribution is 2.41. The molecule has 5 rings (SSSR count). The molecular formula is C28H20IN. The Hall–Kier alpha value is -3.11. The predicted molar refractivity (Wildman–Crippen MR) is 135 cm³/mol. The van der Waals surface area contributed by atoms with Crippen LogP contribution < -0.4 is 0 Å². The van der Waals surface area contributed by atoms with E-state index in [-0.39, 0.29) is 0 Å². The summed E-state index contributed by atoms with van der Waals surface area (Å²) < 4.78 is 3.62. The lowest BCUT2D eigenvalue weighted by Crippen LogP contribution is -2.00. The number of benzene rings is 4. The first kappa shape index (κ1) is 18.9. The molecule has 1 aromatic heterocycles. The van der Waals surface area contributed by atoms with E-state index in [1.165, 1.54) is 37.2 Å². The molecule has 0 aliphatic carbocycles. The topological polar surface area (TPSA) is 4.93 Å². The molecule has 0 atom stereocenters. The number of hydrogen-bond acceptors (Lipinski definition) is 0. The van der Waals surface area contributed by atoms with Crippen molar-refractivity contribution in [1.29, 1.82) is 0 Å². The van der Waals surface area contributed by atoms with E-state index in [1.54, 1.807) is 0 Å². The van der Waals surface area contributed by atoms with Gasteiger partial charge in [0.25, 0.3) is 0 Å². The summed E-state index contributed by atoms with van der Waals surface area (Å²) in [6, 6.07) is 43.0. The zero-order valence-corrected chi connectivity index (χ0v) is 18.5. The Morgan fingerprint density at radius 2 is 1.00 bits per heavy atom. The number of nitrogens with zero attached hydrogens (tertiary/aromatic N) is 1. The van der Waals surface area contributed by atoms with Gasteiger partial charge in [-0.3, -0.25) is 0 Å². The van der Waals surface area contributed by atoms with Gasteiger partial charge in [-0.2, -0.15) is 0 Å². The second-order valence-corrected chi connectivity index (χ2v) is 8.45. The van der Waals surface area contributed by atoms with Crippen molar-refractivity contribution in [3.05, 3.63) is 125 Å². The van der Waals surface area contributed by atoms with Crippen molar-refractivity contribution >= 4 is 22.6 Å². The van der Waals surface area contributed by atoms with Crippen LogP contribution in [0.4, 0.5) is 0 Å². The molecule has 1 nitrogen and oxygen atoms in total. The number of hydrogen-bond donors (Lipinski definition) is 0. The Labute approximate surface area is 190 Å². The quantitative estimate of drug-likeness (QED) is 0.221. The van der Waals surface area contributed by atoms with E-state index in [4.69, 9.17) is 0 Å². The lowest BCUT2D eigenvalue weighted by Gasteiger charge is -2.16. The van der Waals surface area contributed by atoms with E-state index >= 15 is 0 Å². The molecule has 0 unspecified atom stereocenters. The molecule has 0 aliphatic rings. The van der Waals surface area contributed by atoms with Gasteiger partial charge in [-0.1, -0.05) is 91.0 Å². The van der Waals surface area contributed by atoms with Gasteiger partial charge in [0.2, 0.25) is 0 Å². The summed E-state index contributed by atoms with van der Waals surface area (Å²) >= 11 is 2.36. The number of rotatable bonds is 4. The summed E-state index contributed by atoms with van der Waals surface area (Å²) in [7, 11) is 0. The average Bonchev–Trinajstić information content (AvgIpc) is 3.22. The Bertz CT molecular complexity index is 1260. The van der Waals surface area contributed by atoms with Crippen molar-refractivity contribution in [3.63, 3.8) is 0 Å². The largest absolute Gasteiger partial charge is 0.309 e. The van der Waals surface area contributed by atoms with Crippen molar-refractivity contribution in [2.75, 3.05) is 0 Å². The van der Waals surface area contributed by atoms with Crippen molar-refractivity contribution in [2.45, 2.75) is 0 Å². The van der Waals surface area contributed by atoms with Crippen LogP contribution >= 0.6 is 22.6 Å². The van der Waals surface area contributed by atoms with E-state index in [2.05, 4.69) is 148 Å².